The Bertz CT molecular complexity index is 424. The van der Waals surface area contributed by atoms with E-state index in [0.29, 0.717) is 12.0 Å². The lowest BCUT2D eigenvalue weighted by atomic mass is 10.2. The van der Waals surface area contributed by atoms with E-state index < -0.39 is 0 Å². The molecule has 0 saturated heterocycles. The van der Waals surface area contributed by atoms with Crippen molar-refractivity contribution in [2.24, 2.45) is 0 Å². The van der Waals surface area contributed by atoms with E-state index in [-0.39, 0.29) is 12.0 Å². The average Bonchev–Trinajstić information content (AvgIpc) is 3.08. The molecule has 1 atom stereocenters. The summed E-state index contributed by atoms with van der Waals surface area (Å²) in [5.41, 5.74) is 0. The van der Waals surface area contributed by atoms with Crippen molar-refractivity contribution in [2.75, 3.05) is 7.11 Å². The highest BCUT2D eigenvalue weighted by molar-refractivity contribution is 5.75. The molecule has 0 spiro atoms. The Balaban J connectivity index is 1.93. The smallest absolute Gasteiger partial charge is 0.322 e. The van der Waals surface area contributed by atoms with E-state index in [1.165, 1.54) is 7.11 Å². The number of carbonyl (C=O) groups excluding carboxylic acids is 1. The van der Waals surface area contributed by atoms with Crippen molar-refractivity contribution in [2.45, 2.75) is 57.7 Å². The van der Waals surface area contributed by atoms with E-state index >= 15 is 0 Å². The molecule has 1 aliphatic rings. The number of rotatable bonds is 7. The normalized spacial score (nSPS) is 16.6. The molecule has 1 aromatic heterocycles. The Morgan fingerprint density at radius 1 is 1.58 bits per heavy atom. The third-order valence-corrected chi connectivity index (χ3v) is 3.42. The Kier molecular flexibility index (Phi) is 4.58. The maximum atomic E-state index is 11.7. The van der Waals surface area contributed by atoms with Gasteiger partial charge in [0.2, 0.25) is 0 Å². The first-order valence-electron chi connectivity index (χ1n) is 6.96. The Labute approximate surface area is 114 Å². The number of aromatic nitrogens is 2. The van der Waals surface area contributed by atoms with Crippen molar-refractivity contribution in [3.63, 3.8) is 0 Å². The fraction of sp³-hybridized carbons (Fsp3) is 0.714. The van der Waals surface area contributed by atoms with Crippen LogP contribution in [0.2, 0.25) is 0 Å². The Morgan fingerprint density at radius 2 is 2.32 bits per heavy atom. The van der Waals surface area contributed by atoms with Crippen LogP contribution in [0.4, 0.5) is 0 Å². The Hall–Kier alpha value is -1.36. The summed E-state index contributed by atoms with van der Waals surface area (Å²) >= 11 is 0. The van der Waals surface area contributed by atoms with Gasteiger partial charge in [-0.15, -0.1) is 0 Å². The van der Waals surface area contributed by atoms with Gasteiger partial charge in [0, 0.05) is 30.9 Å². The summed E-state index contributed by atoms with van der Waals surface area (Å²) < 4.78 is 6.98. The van der Waals surface area contributed by atoms with Crippen LogP contribution >= 0.6 is 0 Å². The summed E-state index contributed by atoms with van der Waals surface area (Å²) in [6.45, 7) is 5.03. The van der Waals surface area contributed by atoms with Crippen molar-refractivity contribution < 1.29 is 9.53 Å². The van der Waals surface area contributed by atoms with Crippen molar-refractivity contribution in [3.8, 4) is 0 Å². The standard InChI is InChI=1S/C14H23N3O2/c1-10(2)13-15-7-9-17(13)8-6-12(14(18)19-3)16-11-4-5-11/h7,9-12,16H,4-6,8H2,1-3H3. The van der Waals surface area contributed by atoms with Crippen LogP contribution in [0.3, 0.4) is 0 Å². The minimum absolute atomic E-state index is 0.168. The minimum Gasteiger partial charge on any atom is -0.468 e. The van der Waals surface area contributed by atoms with E-state index in [1.807, 2.05) is 12.4 Å². The van der Waals surface area contributed by atoms with Crippen LogP contribution in [0.15, 0.2) is 12.4 Å². The summed E-state index contributed by atoms with van der Waals surface area (Å²) in [4.78, 5) is 16.1. The highest BCUT2D eigenvalue weighted by atomic mass is 16.5. The monoisotopic (exact) mass is 265 g/mol. The number of carbonyl (C=O) groups is 1. The summed E-state index contributed by atoms with van der Waals surface area (Å²) in [6.07, 6.45) is 6.85. The van der Waals surface area contributed by atoms with E-state index in [4.69, 9.17) is 4.74 Å². The fourth-order valence-electron chi connectivity index (χ4n) is 2.22. The number of nitrogens with one attached hydrogen (secondary N) is 1. The van der Waals surface area contributed by atoms with Crippen molar-refractivity contribution >= 4 is 5.97 Å². The maximum absolute atomic E-state index is 11.7. The quantitative estimate of drug-likeness (QED) is 0.762. The molecule has 0 radical (unpaired) electrons. The molecule has 1 heterocycles. The van der Waals surface area contributed by atoms with Crippen LogP contribution in [0.1, 0.15) is 44.9 Å². The molecule has 0 amide bonds. The molecule has 1 aromatic rings. The van der Waals surface area contributed by atoms with Gasteiger partial charge in [0.25, 0.3) is 0 Å². The second-order valence-corrected chi connectivity index (χ2v) is 5.44. The summed E-state index contributed by atoms with van der Waals surface area (Å²) in [5.74, 6) is 1.29. The van der Waals surface area contributed by atoms with Gasteiger partial charge in [-0.1, -0.05) is 13.8 Å². The first kappa shape index (κ1) is 14.1. The Morgan fingerprint density at radius 3 is 2.89 bits per heavy atom. The number of esters is 1. The molecule has 5 heteroatoms. The van der Waals surface area contributed by atoms with Gasteiger partial charge in [0.05, 0.1) is 7.11 Å². The molecule has 0 bridgehead atoms. The molecule has 0 aromatic carbocycles. The van der Waals surface area contributed by atoms with Crippen LogP contribution in [0, 0.1) is 0 Å². The average molecular weight is 265 g/mol. The zero-order valence-corrected chi connectivity index (χ0v) is 11.9. The lowest BCUT2D eigenvalue weighted by molar-refractivity contribution is -0.143. The van der Waals surface area contributed by atoms with Gasteiger partial charge in [-0.25, -0.2) is 4.98 Å². The predicted octanol–water partition coefficient (Wildman–Crippen LogP) is 1.69. The zero-order valence-electron chi connectivity index (χ0n) is 11.9. The third kappa shape index (κ3) is 3.80. The second kappa shape index (κ2) is 6.19. The van der Waals surface area contributed by atoms with Crippen molar-refractivity contribution in [1.29, 1.82) is 0 Å². The lowest BCUT2D eigenvalue weighted by Gasteiger charge is -2.17. The van der Waals surface area contributed by atoms with Crippen LogP contribution in [-0.2, 0) is 16.1 Å². The fourth-order valence-corrected chi connectivity index (χ4v) is 2.22. The zero-order chi connectivity index (χ0) is 13.8. The van der Waals surface area contributed by atoms with E-state index in [2.05, 4.69) is 28.7 Å². The molecule has 1 aliphatic carbocycles. The summed E-state index contributed by atoms with van der Waals surface area (Å²) in [5, 5.41) is 3.34. The predicted molar refractivity (Wildman–Crippen MR) is 72.9 cm³/mol. The first-order valence-corrected chi connectivity index (χ1v) is 6.96. The molecule has 0 aliphatic heterocycles. The van der Waals surface area contributed by atoms with Crippen LogP contribution in [0.5, 0.6) is 0 Å². The largest absolute Gasteiger partial charge is 0.468 e. The van der Waals surface area contributed by atoms with Gasteiger partial charge >= 0.3 is 5.97 Å². The summed E-state index contributed by atoms with van der Waals surface area (Å²) in [6, 6.07) is 0.288. The van der Waals surface area contributed by atoms with Gasteiger partial charge < -0.3 is 14.6 Å². The van der Waals surface area contributed by atoms with Gasteiger partial charge in [0.15, 0.2) is 0 Å². The molecule has 1 fully saturated rings. The molecule has 5 nitrogen and oxygen atoms in total. The lowest BCUT2D eigenvalue weighted by Crippen LogP contribution is -2.39. The molecule has 2 rings (SSSR count). The van der Waals surface area contributed by atoms with E-state index in [0.717, 1.165) is 31.6 Å². The van der Waals surface area contributed by atoms with Crippen molar-refractivity contribution in [3.05, 3.63) is 18.2 Å². The van der Waals surface area contributed by atoms with Gasteiger partial charge in [-0.05, 0) is 19.3 Å². The number of nitrogens with zero attached hydrogens (tertiary/aromatic N) is 2. The molecular weight excluding hydrogens is 242 g/mol. The first-order chi connectivity index (χ1) is 9.11. The molecule has 106 valence electrons. The van der Waals surface area contributed by atoms with E-state index in [1.54, 1.807) is 0 Å². The van der Waals surface area contributed by atoms with Crippen LogP contribution in [0.25, 0.3) is 0 Å². The van der Waals surface area contributed by atoms with Gasteiger partial charge in [-0.2, -0.15) is 0 Å². The van der Waals surface area contributed by atoms with Crippen LogP contribution in [-0.4, -0.2) is 34.7 Å². The van der Waals surface area contributed by atoms with Gasteiger partial charge in [-0.3, -0.25) is 4.79 Å². The summed E-state index contributed by atoms with van der Waals surface area (Å²) in [7, 11) is 1.45. The molecule has 1 N–H and O–H groups in total. The van der Waals surface area contributed by atoms with Gasteiger partial charge in [0.1, 0.15) is 11.9 Å². The highest BCUT2D eigenvalue weighted by Gasteiger charge is 2.28. The number of methoxy groups -OCH3 is 1. The number of ether oxygens (including phenoxy) is 1. The van der Waals surface area contributed by atoms with Crippen LogP contribution < -0.4 is 5.32 Å². The topological polar surface area (TPSA) is 56.2 Å². The molecule has 19 heavy (non-hydrogen) atoms. The van der Waals surface area contributed by atoms with Crippen molar-refractivity contribution in [1.82, 2.24) is 14.9 Å². The second-order valence-electron chi connectivity index (χ2n) is 5.44. The molecular formula is C14H23N3O2. The molecule has 1 saturated carbocycles. The SMILES string of the molecule is COC(=O)C(CCn1ccnc1C(C)C)NC1CC1. The third-order valence-electron chi connectivity index (χ3n) is 3.42. The number of hydrogen-bond acceptors (Lipinski definition) is 4. The maximum Gasteiger partial charge on any atom is 0.322 e. The molecule has 1 unspecified atom stereocenters. The minimum atomic E-state index is -0.208. The van der Waals surface area contributed by atoms with E-state index in [9.17, 15) is 4.79 Å². The number of hydrogen-bond donors (Lipinski definition) is 1. The number of imidazole rings is 1. The highest BCUT2D eigenvalue weighted by Crippen LogP contribution is 2.20. The number of aryl methyl sites for hydroxylation is 1.